The lowest BCUT2D eigenvalue weighted by Gasteiger charge is -1.99. The van der Waals surface area contributed by atoms with Gasteiger partial charge in [-0.05, 0) is 19.1 Å². The molecule has 0 spiro atoms. The summed E-state index contributed by atoms with van der Waals surface area (Å²) < 4.78 is 0. The minimum absolute atomic E-state index is 0.204. The summed E-state index contributed by atoms with van der Waals surface area (Å²) in [4.78, 5) is 18.2. The van der Waals surface area contributed by atoms with Crippen molar-refractivity contribution in [2.45, 2.75) is 6.92 Å². The molecule has 0 atom stereocenters. The van der Waals surface area contributed by atoms with Crippen molar-refractivity contribution in [3.63, 3.8) is 0 Å². The molecule has 1 N–H and O–H groups in total. The predicted molar refractivity (Wildman–Crippen MR) is 51.8 cm³/mol. The molecule has 14 heavy (non-hydrogen) atoms. The lowest BCUT2D eigenvalue weighted by atomic mass is 10.1. The van der Waals surface area contributed by atoms with Gasteiger partial charge in [0.2, 0.25) is 0 Å². The highest BCUT2D eigenvalue weighted by atomic mass is 16.1. The molecule has 0 radical (unpaired) electrons. The van der Waals surface area contributed by atoms with Crippen molar-refractivity contribution in [1.29, 1.82) is 5.26 Å². The average molecular weight is 185 g/mol. The fraction of sp³-hybridized carbons (Fsp3) is 0.100. The van der Waals surface area contributed by atoms with Crippen molar-refractivity contribution >= 4 is 10.9 Å². The van der Waals surface area contributed by atoms with E-state index in [0.29, 0.717) is 22.3 Å². The maximum absolute atomic E-state index is 11.5. The second-order valence-corrected chi connectivity index (χ2v) is 2.96. The van der Waals surface area contributed by atoms with Gasteiger partial charge >= 0.3 is 0 Å². The molecule has 1 heterocycles. The summed E-state index contributed by atoms with van der Waals surface area (Å²) in [5.41, 5.74) is 0.692. The average Bonchev–Trinajstić information content (AvgIpc) is 2.17. The van der Waals surface area contributed by atoms with Gasteiger partial charge < -0.3 is 4.98 Å². The smallest absolute Gasteiger partial charge is 0.258 e. The summed E-state index contributed by atoms with van der Waals surface area (Å²) in [6.07, 6.45) is 0. The van der Waals surface area contributed by atoms with Gasteiger partial charge in [0.15, 0.2) is 0 Å². The van der Waals surface area contributed by atoms with E-state index in [-0.39, 0.29) is 5.56 Å². The highest BCUT2D eigenvalue weighted by Crippen LogP contribution is 2.11. The van der Waals surface area contributed by atoms with E-state index in [0.717, 1.165) is 0 Å². The van der Waals surface area contributed by atoms with Crippen molar-refractivity contribution < 1.29 is 0 Å². The second kappa shape index (κ2) is 2.96. The van der Waals surface area contributed by atoms with Gasteiger partial charge in [-0.15, -0.1) is 0 Å². The molecule has 1 aromatic heterocycles. The van der Waals surface area contributed by atoms with Crippen LogP contribution in [-0.2, 0) is 0 Å². The van der Waals surface area contributed by atoms with Crippen molar-refractivity contribution in [3.8, 4) is 6.07 Å². The number of aromatic amines is 1. The minimum atomic E-state index is -0.204. The van der Waals surface area contributed by atoms with E-state index in [1.54, 1.807) is 25.1 Å². The van der Waals surface area contributed by atoms with Crippen LogP contribution in [0, 0.1) is 18.3 Å². The molecule has 4 nitrogen and oxygen atoms in total. The number of aryl methyl sites for hydroxylation is 1. The van der Waals surface area contributed by atoms with Crippen LogP contribution < -0.4 is 5.56 Å². The number of hydrogen-bond donors (Lipinski definition) is 1. The van der Waals surface area contributed by atoms with E-state index in [1.165, 1.54) is 0 Å². The third-order valence-corrected chi connectivity index (χ3v) is 1.98. The molecule has 1 aromatic carbocycles. The number of fused-ring (bicyclic) bond motifs is 1. The maximum atomic E-state index is 11.5. The normalized spacial score (nSPS) is 10.0. The largest absolute Gasteiger partial charge is 0.310 e. The molecule has 0 bridgehead atoms. The first kappa shape index (κ1) is 8.45. The van der Waals surface area contributed by atoms with Crippen LogP contribution in [0.3, 0.4) is 0 Å². The first-order valence-electron chi connectivity index (χ1n) is 4.12. The SMILES string of the molecule is Cc1nc2c(C#N)cccc2c(=O)[nH]1. The third kappa shape index (κ3) is 1.15. The highest BCUT2D eigenvalue weighted by Gasteiger charge is 2.04. The molecule has 0 aliphatic heterocycles. The topological polar surface area (TPSA) is 69.5 Å². The number of nitrogens with zero attached hydrogens (tertiary/aromatic N) is 2. The van der Waals surface area contributed by atoms with Crippen LogP contribution in [0.1, 0.15) is 11.4 Å². The van der Waals surface area contributed by atoms with Gasteiger partial charge in [0, 0.05) is 0 Å². The van der Waals surface area contributed by atoms with Crippen molar-refractivity contribution in [1.82, 2.24) is 9.97 Å². The number of para-hydroxylation sites is 1. The number of nitrogens with one attached hydrogen (secondary N) is 1. The lowest BCUT2D eigenvalue weighted by Crippen LogP contribution is -2.10. The van der Waals surface area contributed by atoms with Crippen LogP contribution in [0.2, 0.25) is 0 Å². The van der Waals surface area contributed by atoms with E-state index in [2.05, 4.69) is 9.97 Å². The molecule has 0 saturated carbocycles. The van der Waals surface area contributed by atoms with Crippen LogP contribution in [0.15, 0.2) is 23.0 Å². The first-order valence-corrected chi connectivity index (χ1v) is 4.12. The van der Waals surface area contributed by atoms with Gasteiger partial charge in [-0.1, -0.05) is 6.07 Å². The Morgan fingerprint density at radius 3 is 3.00 bits per heavy atom. The van der Waals surface area contributed by atoms with Gasteiger partial charge in [0.1, 0.15) is 11.9 Å². The maximum Gasteiger partial charge on any atom is 0.258 e. The number of hydrogen-bond acceptors (Lipinski definition) is 3. The Bertz CT molecular complexity index is 592. The molecule has 0 aliphatic carbocycles. The Morgan fingerprint density at radius 1 is 1.50 bits per heavy atom. The Kier molecular flexibility index (Phi) is 1.79. The van der Waals surface area contributed by atoms with Crippen LogP contribution in [0.4, 0.5) is 0 Å². The van der Waals surface area contributed by atoms with Crippen LogP contribution >= 0.6 is 0 Å². The Labute approximate surface area is 79.8 Å². The van der Waals surface area contributed by atoms with E-state index in [9.17, 15) is 4.79 Å². The standard InChI is InChI=1S/C10H7N3O/c1-6-12-9-7(5-11)3-2-4-8(9)10(14)13-6/h2-4H,1H3,(H,12,13,14). The number of benzene rings is 1. The summed E-state index contributed by atoms with van der Waals surface area (Å²) in [5.74, 6) is 0.519. The zero-order chi connectivity index (χ0) is 10.1. The number of H-pyrrole nitrogens is 1. The number of rotatable bonds is 0. The van der Waals surface area contributed by atoms with Gasteiger partial charge in [-0.2, -0.15) is 5.26 Å². The number of nitriles is 1. The van der Waals surface area contributed by atoms with Crippen molar-refractivity contribution in [3.05, 3.63) is 39.9 Å². The second-order valence-electron chi connectivity index (χ2n) is 2.96. The lowest BCUT2D eigenvalue weighted by molar-refractivity contribution is 1.06. The minimum Gasteiger partial charge on any atom is -0.310 e. The molecular weight excluding hydrogens is 178 g/mol. The molecule has 0 saturated heterocycles. The first-order chi connectivity index (χ1) is 6.72. The van der Waals surface area contributed by atoms with Crippen LogP contribution in [-0.4, -0.2) is 9.97 Å². The van der Waals surface area contributed by atoms with Crippen molar-refractivity contribution in [2.75, 3.05) is 0 Å². The molecule has 68 valence electrons. The van der Waals surface area contributed by atoms with Gasteiger partial charge in [-0.3, -0.25) is 4.79 Å². The third-order valence-electron chi connectivity index (χ3n) is 1.98. The van der Waals surface area contributed by atoms with E-state index in [1.807, 2.05) is 6.07 Å². The van der Waals surface area contributed by atoms with Gasteiger partial charge in [0.25, 0.3) is 5.56 Å². The summed E-state index contributed by atoms with van der Waals surface area (Å²) in [6.45, 7) is 1.69. The Balaban J connectivity index is 3.03. The number of aromatic nitrogens is 2. The fourth-order valence-corrected chi connectivity index (χ4v) is 1.36. The molecule has 0 aliphatic rings. The van der Waals surface area contributed by atoms with E-state index >= 15 is 0 Å². The summed E-state index contributed by atoms with van der Waals surface area (Å²) >= 11 is 0. The van der Waals surface area contributed by atoms with E-state index < -0.39 is 0 Å². The quantitative estimate of drug-likeness (QED) is 0.668. The molecule has 0 fully saturated rings. The zero-order valence-electron chi connectivity index (χ0n) is 7.53. The highest BCUT2D eigenvalue weighted by molar-refractivity contribution is 5.83. The molecular formula is C10H7N3O. The molecule has 0 unspecified atom stereocenters. The van der Waals surface area contributed by atoms with E-state index in [4.69, 9.17) is 5.26 Å². The monoisotopic (exact) mass is 185 g/mol. The summed E-state index contributed by atoms with van der Waals surface area (Å²) in [6, 6.07) is 6.98. The molecule has 2 rings (SSSR count). The predicted octanol–water partition coefficient (Wildman–Crippen LogP) is 1.10. The zero-order valence-corrected chi connectivity index (χ0v) is 7.53. The van der Waals surface area contributed by atoms with Crippen molar-refractivity contribution in [2.24, 2.45) is 0 Å². The molecule has 2 aromatic rings. The van der Waals surface area contributed by atoms with Gasteiger partial charge in [0.05, 0.1) is 16.5 Å². The Morgan fingerprint density at radius 2 is 2.29 bits per heavy atom. The Hall–Kier alpha value is -2.15. The molecule has 0 amide bonds. The fourth-order valence-electron chi connectivity index (χ4n) is 1.36. The summed E-state index contributed by atoms with van der Waals surface area (Å²) in [7, 11) is 0. The van der Waals surface area contributed by atoms with Crippen LogP contribution in [0.5, 0.6) is 0 Å². The van der Waals surface area contributed by atoms with Gasteiger partial charge in [-0.25, -0.2) is 4.98 Å². The molecule has 4 heteroatoms. The van der Waals surface area contributed by atoms with Crippen LogP contribution in [0.25, 0.3) is 10.9 Å². The summed E-state index contributed by atoms with van der Waals surface area (Å²) in [5, 5.41) is 9.27.